The molecule has 0 saturated carbocycles. The minimum atomic E-state index is -0.0123. The van der Waals surface area contributed by atoms with Gasteiger partial charge in [0, 0.05) is 58.8 Å². The number of benzene rings is 7. The molecule has 1 aliphatic rings. The number of aromatic nitrogens is 3. The first-order chi connectivity index (χ1) is 27.2. The monoisotopic (exact) mass is 723 g/mol. The third-order valence-corrected chi connectivity index (χ3v) is 12.2. The molecule has 0 saturated heterocycles. The summed E-state index contributed by atoms with van der Waals surface area (Å²) in [5.41, 5.74) is 10.0. The fourth-order valence-electron chi connectivity index (χ4n) is 8.45. The number of hydrogen-bond acceptors (Lipinski definition) is 6. The SMILES string of the molecule is C1=CC(c2nc(-c3ccc4oc5ccccc5c4c3)nc(-c3cccc4oc5ccc(-c6cccc7sc8ccccc8c67)cc5c34)n2)Cc2ccccc21. The molecule has 0 aliphatic heterocycles. The molecule has 0 fully saturated rings. The van der Waals surface area contributed by atoms with Gasteiger partial charge < -0.3 is 8.83 Å². The highest BCUT2D eigenvalue weighted by molar-refractivity contribution is 7.25. The van der Waals surface area contributed by atoms with Crippen LogP contribution in [0.2, 0.25) is 0 Å². The van der Waals surface area contributed by atoms with Crippen LogP contribution < -0.4 is 0 Å². The number of rotatable bonds is 4. The molecular weight excluding hydrogens is 695 g/mol. The second-order valence-electron chi connectivity index (χ2n) is 14.3. The average molecular weight is 724 g/mol. The molecule has 0 N–H and O–H groups in total. The Kier molecular flexibility index (Phi) is 6.56. The van der Waals surface area contributed by atoms with Crippen LogP contribution in [-0.4, -0.2) is 15.0 Å². The summed E-state index contributed by atoms with van der Waals surface area (Å²) in [6.07, 6.45) is 5.23. The lowest BCUT2D eigenvalue weighted by atomic mass is 9.89. The Labute approximate surface area is 318 Å². The maximum atomic E-state index is 6.54. The van der Waals surface area contributed by atoms with Crippen molar-refractivity contribution in [3.63, 3.8) is 0 Å². The number of thiophene rings is 1. The Morgan fingerprint density at radius 2 is 1.18 bits per heavy atom. The zero-order valence-electron chi connectivity index (χ0n) is 29.4. The first kappa shape index (κ1) is 30.6. The van der Waals surface area contributed by atoms with Gasteiger partial charge >= 0.3 is 0 Å². The van der Waals surface area contributed by atoms with Crippen molar-refractivity contribution in [2.75, 3.05) is 0 Å². The van der Waals surface area contributed by atoms with E-state index in [9.17, 15) is 0 Å². The Hall–Kier alpha value is -6.89. The van der Waals surface area contributed by atoms with Crippen molar-refractivity contribution in [3.05, 3.63) is 169 Å². The normalized spacial score (nSPS) is 14.2. The van der Waals surface area contributed by atoms with Crippen LogP contribution in [-0.2, 0) is 6.42 Å². The van der Waals surface area contributed by atoms with Crippen LogP contribution in [0.25, 0.3) is 104 Å². The van der Waals surface area contributed by atoms with E-state index in [1.54, 1.807) is 0 Å². The van der Waals surface area contributed by atoms with Gasteiger partial charge in [-0.2, -0.15) is 0 Å². The topological polar surface area (TPSA) is 65.0 Å². The zero-order valence-corrected chi connectivity index (χ0v) is 30.2. The molecule has 1 aliphatic carbocycles. The largest absolute Gasteiger partial charge is 0.456 e. The van der Waals surface area contributed by atoms with E-state index < -0.39 is 0 Å². The molecule has 258 valence electrons. The molecule has 0 radical (unpaired) electrons. The van der Waals surface area contributed by atoms with Crippen LogP contribution in [0.3, 0.4) is 0 Å². The van der Waals surface area contributed by atoms with Gasteiger partial charge in [0.15, 0.2) is 11.6 Å². The Morgan fingerprint density at radius 1 is 0.491 bits per heavy atom. The molecule has 5 nitrogen and oxygen atoms in total. The van der Waals surface area contributed by atoms with Gasteiger partial charge in [-0.05, 0) is 83.3 Å². The number of nitrogens with zero attached hydrogens (tertiary/aromatic N) is 3. The van der Waals surface area contributed by atoms with Gasteiger partial charge in [0.05, 0.1) is 0 Å². The smallest absolute Gasteiger partial charge is 0.164 e. The molecule has 6 heteroatoms. The highest BCUT2D eigenvalue weighted by Crippen LogP contribution is 2.43. The maximum absolute atomic E-state index is 6.54. The van der Waals surface area contributed by atoms with E-state index >= 15 is 0 Å². The molecule has 0 amide bonds. The third-order valence-electron chi connectivity index (χ3n) is 11.1. The minimum Gasteiger partial charge on any atom is -0.456 e. The van der Waals surface area contributed by atoms with Gasteiger partial charge in [0.25, 0.3) is 0 Å². The number of fused-ring (bicyclic) bond motifs is 10. The van der Waals surface area contributed by atoms with Crippen molar-refractivity contribution in [1.29, 1.82) is 0 Å². The lowest BCUT2D eigenvalue weighted by Gasteiger charge is -2.19. The van der Waals surface area contributed by atoms with Gasteiger partial charge in [-0.15, -0.1) is 11.3 Å². The molecule has 4 heterocycles. The summed E-state index contributed by atoms with van der Waals surface area (Å²) in [6, 6.07) is 50.9. The van der Waals surface area contributed by atoms with Gasteiger partial charge in [-0.25, -0.2) is 15.0 Å². The van der Waals surface area contributed by atoms with Crippen LogP contribution in [0.15, 0.2) is 161 Å². The van der Waals surface area contributed by atoms with E-state index in [-0.39, 0.29) is 5.92 Å². The molecule has 0 bridgehead atoms. The first-order valence-corrected chi connectivity index (χ1v) is 19.3. The predicted molar refractivity (Wildman–Crippen MR) is 226 cm³/mol. The predicted octanol–water partition coefficient (Wildman–Crippen LogP) is 13.4. The lowest BCUT2D eigenvalue weighted by molar-refractivity contribution is 0.668. The quantitative estimate of drug-likeness (QED) is 0.181. The van der Waals surface area contributed by atoms with Crippen LogP contribution >= 0.6 is 11.3 Å². The molecule has 1 unspecified atom stereocenters. The number of para-hydroxylation sites is 1. The van der Waals surface area contributed by atoms with Crippen molar-refractivity contribution in [2.24, 2.45) is 0 Å². The Bertz CT molecular complexity index is 3390. The summed E-state index contributed by atoms with van der Waals surface area (Å²) in [7, 11) is 0. The summed E-state index contributed by atoms with van der Waals surface area (Å²) >= 11 is 1.84. The lowest BCUT2D eigenvalue weighted by Crippen LogP contribution is -2.12. The Balaban J connectivity index is 1.07. The van der Waals surface area contributed by atoms with E-state index in [1.165, 1.54) is 36.9 Å². The zero-order chi connectivity index (χ0) is 36.0. The van der Waals surface area contributed by atoms with Crippen molar-refractivity contribution in [2.45, 2.75) is 12.3 Å². The maximum Gasteiger partial charge on any atom is 0.164 e. The van der Waals surface area contributed by atoms with Crippen LogP contribution in [0.5, 0.6) is 0 Å². The van der Waals surface area contributed by atoms with Gasteiger partial charge in [0.2, 0.25) is 0 Å². The van der Waals surface area contributed by atoms with E-state index in [0.29, 0.717) is 11.6 Å². The van der Waals surface area contributed by atoms with E-state index in [1.807, 2.05) is 47.7 Å². The molecule has 7 aromatic carbocycles. The highest BCUT2D eigenvalue weighted by Gasteiger charge is 2.23. The number of allylic oxidation sites excluding steroid dienone is 1. The van der Waals surface area contributed by atoms with Crippen molar-refractivity contribution < 1.29 is 8.83 Å². The second kappa shape index (κ2) is 11.8. The summed E-state index contributed by atoms with van der Waals surface area (Å²) in [4.78, 5) is 15.7. The molecule has 1 atom stereocenters. The summed E-state index contributed by atoms with van der Waals surface area (Å²) in [5, 5.41) is 6.68. The molecule has 0 spiro atoms. The van der Waals surface area contributed by atoms with Crippen LogP contribution in [0, 0.1) is 0 Å². The number of furan rings is 2. The molecule has 4 aromatic heterocycles. The third kappa shape index (κ3) is 4.81. The average Bonchev–Trinajstić information content (AvgIpc) is 3.94. The van der Waals surface area contributed by atoms with Crippen LogP contribution in [0.4, 0.5) is 0 Å². The van der Waals surface area contributed by atoms with E-state index in [4.69, 9.17) is 23.8 Å². The van der Waals surface area contributed by atoms with E-state index in [2.05, 4.69) is 121 Å². The van der Waals surface area contributed by atoms with Gasteiger partial charge in [-0.1, -0.05) is 103 Å². The fourth-order valence-corrected chi connectivity index (χ4v) is 9.59. The van der Waals surface area contributed by atoms with Crippen molar-refractivity contribution >= 4 is 81.5 Å². The molecule has 12 rings (SSSR count). The molecule has 55 heavy (non-hydrogen) atoms. The highest BCUT2D eigenvalue weighted by atomic mass is 32.1. The second-order valence-corrected chi connectivity index (χ2v) is 15.4. The fraction of sp³-hybridized carbons (Fsp3) is 0.0408. The molecule has 11 aromatic rings. The summed E-state index contributed by atoms with van der Waals surface area (Å²) in [6.45, 7) is 0. The summed E-state index contributed by atoms with van der Waals surface area (Å²) in [5.74, 6) is 1.97. The summed E-state index contributed by atoms with van der Waals surface area (Å²) < 4.78 is 15.3. The van der Waals surface area contributed by atoms with Crippen LogP contribution in [0.1, 0.15) is 22.9 Å². The van der Waals surface area contributed by atoms with Crippen molar-refractivity contribution in [1.82, 2.24) is 15.0 Å². The van der Waals surface area contributed by atoms with Crippen molar-refractivity contribution in [3.8, 4) is 33.9 Å². The van der Waals surface area contributed by atoms with E-state index in [0.717, 1.165) is 72.8 Å². The Morgan fingerprint density at radius 3 is 2.15 bits per heavy atom. The van der Waals surface area contributed by atoms with Gasteiger partial charge in [0.1, 0.15) is 28.2 Å². The standard InChI is InChI=1S/C49H29N3O2S/c1-2-10-29-25-31(20-19-28(29)9-1)47-50-48(32-22-24-40-37(27-32)34-11-3-5-15-39(34)53-40)52-49(51-47)36-14-7-16-42-45(36)38-26-30(21-23-41(38)54-42)33-13-8-18-44-46(33)35-12-4-6-17-43(35)55-44/h1-24,26-27,31H,25H2. The van der Waals surface area contributed by atoms with Gasteiger partial charge in [-0.3, -0.25) is 0 Å². The first-order valence-electron chi connectivity index (χ1n) is 18.5. The minimum absolute atomic E-state index is 0.0123. The number of hydrogen-bond donors (Lipinski definition) is 0. The molecular formula is C49H29N3O2S.